The molecule has 6 saturated carbocycles. The summed E-state index contributed by atoms with van der Waals surface area (Å²) in [5.74, 6) is 0.0271. The number of hydrogen-bond acceptors (Lipinski definition) is 6. The van der Waals surface area contributed by atoms with E-state index < -0.39 is 0 Å². The summed E-state index contributed by atoms with van der Waals surface area (Å²) >= 11 is 0. The molecule has 13 atom stereocenters. The van der Waals surface area contributed by atoms with Crippen molar-refractivity contribution in [2.75, 3.05) is 6.54 Å². The number of aliphatic hydroxyl groups excluding tert-OH is 1. The van der Waals surface area contributed by atoms with Crippen LogP contribution in [0.2, 0.25) is 0 Å². The van der Waals surface area contributed by atoms with Crippen molar-refractivity contribution in [1.82, 2.24) is 4.90 Å². The summed E-state index contributed by atoms with van der Waals surface area (Å²) in [6, 6.07) is 10.5. The SMILES string of the molecule is C=C1C[C@@]23C[C@H]4[C@@H]5[C@]6(C)C[C@H](O)C[C@@]57[C@@H]2[C@@H](OC(C)=O)[C@@H]1[C@H](OC(=O)/C=C/c1ccccc1)[C@@H]3[C@H]7N4C6. The van der Waals surface area contributed by atoms with E-state index in [-0.39, 0.29) is 70.3 Å². The lowest BCUT2D eigenvalue weighted by atomic mass is 9.39. The van der Waals surface area contributed by atoms with Crippen LogP contribution in [0.4, 0.5) is 0 Å². The number of carbonyl (C=O) groups excluding carboxylic acids is 2. The van der Waals surface area contributed by atoms with Gasteiger partial charge in [-0.1, -0.05) is 49.4 Å². The Hall–Kier alpha value is -2.44. The predicted molar refractivity (Wildman–Crippen MR) is 136 cm³/mol. The number of esters is 2. The molecule has 1 aromatic carbocycles. The first-order valence-electron chi connectivity index (χ1n) is 13.9. The van der Waals surface area contributed by atoms with Crippen LogP contribution in [0.5, 0.6) is 0 Å². The monoisotopic (exact) mass is 501 g/mol. The van der Waals surface area contributed by atoms with Crippen molar-refractivity contribution in [3.05, 3.63) is 54.1 Å². The molecule has 9 fully saturated rings. The van der Waals surface area contributed by atoms with Gasteiger partial charge in [-0.2, -0.15) is 0 Å². The smallest absolute Gasteiger partial charge is 0.331 e. The Kier molecular flexibility index (Phi) is 4.23. The fourth-order valence-corrected chi connectivity index (χ4v) is 12.0. The van der Waals surface area contributed by atoms with E-state index in [1.165, 1.54) is 13.0 Å². The van der Waals surface area contributed by atoms with Crippen molar-refractivity contribution in [2.24, 2.45) is 39.9 Å². The predicted octanol–water partition coefficient (Wildman–Crippen LogP) is 3.60. The zero-order valence-corrected chi connectivity index (χ0v) is 21.5. The summed E-state index contributed by atoms with van der Waals surface area (Å²) in [5.41, 5.74) is 1.90. The normalized spacial score (nSPS) is 53.2. The van der Waals surface area contributed by atoms with Gasteiger partial charge in [-0.15, -0.1) is 0 Å². The summed E-state index contributed by atoms with van der Waals surface area (Å²) in [7, 11) is 0. The summed E-state index contributed by atoms with van der Waals surface area (Å²) in [6.07, 6.45) is 5.83. The molecule has 6 aliphatic carbocycles. The van der Waals surface area contributed by atoms with Gasteiger partial charge in [0.2, 0.25) is 0 Å². The second-order valence-electron chi connectivity index (χ2n) is 13.5. The van der Waals surface area contributed by atoms with Crippen molar-refractivity contribution in [3.63, 3.8) is 0 Å². The Morgan fingerprint density at radius 1 is 1.11 bits per heavy atom. The maximum absolute atomic E-state index is 13.3. The topological polar surface area (TPSA) is 76.1 Å². The van der Waals surface area contributed by atoms with Crippen LogP contribution in [0, 0.1) is 39.9 Å². The maximum Gasteiger partial charge on any atom is 0.331 e. The minimum atomic E-state index is -0.371. The molecule has 3 saturated heterocycles. The summed E-state index contributed by atoms with van der Waals surface area (Å²) in [6.45, 7) is 9.34. The highest BCUT2D eigenvalue weighted by Gasteiger charge is 2.91. The van der Waals surface area contributed by atoms with E-state index in [1.807, 2.05) is 30.3 Å². The number of piperidine rings is 2. The summed E-state index contributed by atoms with van der Waals surface area (Å²) in [4.78, 5) is 28.5. The number of rotatable bonds is 4. The molecule has 6 nitrogen and oxygen atoms in total. The van der Waals surface area contributed by atoms with Gasteiger partial charge in [0, 0.05) is 48.9 Å². The second kappa shape index (κ2) is 6.95. The third-order valence-corrected chi connectivity index (χ3v) is 11.9. The van der Waals surface area contributed by atoms with Gasteiger partial charge in [0.05, 0.1) is 12.0 Å². The van der Waals surface area contributed by atoms with Gasteiger partial charge in [-0.3, -0.25) is 9.69 Å². The number of hydrogen-bond donors (Lipinski definition) is 1. The lowest BCUT2D eigenvalue weighted by Gasteiger charge is -2.66. The molecule has 3 aliphatic heterocycles. The number of benzene rings is 1. The van der Waals surface area contributed by atoms with Gasteiger partial charge in [-0.05, 0) is 54.1 Å². The van der Waals surface area contributed by atoms with Crippen molar-refractivity contribution >= 4 is 18.0 Å². The molecule has 194 valence electrons. The molecular weight excluding hydrogens is 466 g/mol. The Morgan fingerprint density at radius 3 is 2.65 bits per heavy atom. The zero-order valence-electron chi connectivity index (χ0n) is 21.5. The molecule has 9 aliphatic rings. The molecule has 10 rings (SSSR count). The molecule has 1 N–H and O–H groups in total. The fraction of sp³-hybridized carbons (Fsp3) is 0.613. The Balaban J connectivity index is 1.24. The Morgan fingerprint density at radius 2 is 1.89 bits per heavy atom. The van der Waals surface area contributed by atoms with Crippen LogP contribution < -0.4 is 0 Å². The largest absolute Gasteiger partial charge is 0.461 e. The number of ether oxygens (including phenoxy) is 2. The third-order valence-electron chi connectivity index (χ3n) is 11.9. The highest BCUT2D eigenvalue weighted by atomic mass is 16.6. The van der Waals surface area contributed by atoms with E-state index >= 15 is 0 Å². The van der Waals surface area contributed by atoms with E-state index in [4.69, 9.17) is 9.47 Å². The lowest BCUT2D eigenvalue weighted by molar-refractivity contribution is -0.229. The molecule has 6 heteroatoms. The first-order chi connectivity index (χ1) is 17.7. The Labute approximate surface area is 217 Å². The van der Waals surface area contributed by atoms with Gasteiger partial charge in [0.25, 0.3) is 0 Å². The molecule has 1 aromatic rings. The van der Waals surface area contributed by atoms with Gasteiger partial charge < -0.3 is 14.6 Å². The van der Waals surface area contributed by atoms with Crippen molar-refractivity contribution in [1.29, 1.82) is 0 Å². The zero-order chi connectivity index (χ0) is 25.5. The second-order valence-corrected chi connectivity index (χ2v) is 13.5. The van der Waals surface area contributed by atoms with E-state index in [2.05, 4.69) is 18.4 Å². The molecular formula is C31H35NO5. The molecule has 9 bridgehead atoms. The quantitative estimate of drug-likeness (QED) is 0.386. The van der Waals surface area contributed by atoms with Crippen LogP contribution in [0.3, 0.4) is 0 Å². The van der Waals surface area contributed by atoms with E-state index in [1.54, 1.807) is 6.08 Å². The van der Waals surface area contributed by atoms with Gasteiger partial charge in [0.15, 0.2) is 0 Å². The summed E-state index contributed by atoms with van der Waals surface area (Å²) in [5, 5.41) is 11.2. The molecule has 1 unspecified atom stereocenters. The average Bonchev–Trinajstić information content (AvgIpc) is 3.25. The highest BCUT2D eigenvalue weighted by molar-refractivity contribution is 5.87. The van der Waals surface area contributed by atoms with E-state index in [9.17, 15) is 14.7 Å². The van der Waals surface area contributed by atoms with Gasteiger partial charge >= 0.3 is 11.9 Å². The van der Waals surface area contributed by atoms with Crippen LogP contribution in [0.1, 0.15) is 45.1 Å². The number of aliphatic hydroxyl groups is 1. The van der Waals surface area contributed by atoms with E-state index in [0.717, 1.165) is 43.4 Å². The molecule has 3 heterocycles. The minimum absolute atomic E-state index is 0.0829. The van der Waals surface area contributed by atoms with Crippen LogP contribution in [-0.4, -0.2) is 58.9 Å². The molecule has 2 spiro atoms. The minimum Gasteiger partial charge on any atom is -0.461 e. The number of carbonyl (C=O) groups is 2. The maximum atomic E-state index is 13.3. The molecule has 0 aromatic heterocycles. The fourth-order valence-electron chi connectivity index (χ4n) is 12.0. The van der Waals surface area contributed by atoms with Gasteiger partial charge in [-0.25, -0.2) is 4.79 Å². The van der Waals surface area contributed by atoms with Crippen LogP contribution in [0.25, 0.3) is 6.08 Å². The van der Waals surface area contributed by atoms with Crippen LogP contribution >= 0.6 is 0 Å². The first-order valence-corrected chi connectivity index (χ1v) is 13.9. The summed E-state index contributed by atoms with van der Waals surface area (Å²) < 4.78 is 12.6. The average molecular weight is 502 g/mol. The molecule has 37 heavy (non-hydrogen) atoms. The van der Waals surface area contributed by atoms with Gasteiger partial charge in [0.1, 0.15) is 12.2 Å². The van der Waals surface area contributed by atoms with E-state index in [0.29, 0.717) is 12.0 Å². The van der Waals surface area contributed by atoms with Crippen LogP contribution in [0.15, 0.2) is 48.6 Å². The lowest BCUT2D eigenvalue weighted by Crippen LogP contribution is -2.69. The number of nitrogens with zero attached hydrogens (tertiary/aromatic N) is 1. The highest BCUT2D eigenvalue weighted by Crippen LogP contribution is 2.87. The van der Waals surface area contributed by atoms with Crippen molar-refractivity contribution < 1.29 is 24.2 Å². The molecule has 0 amide bonds. The van der Waals surface area contributed by atoms with Crippen LogP contribution in [-0.2, 0) is 19.1 Å². The first kappa shape index (κ1) is 22.5. The molecule has 0 radical (unpaired) electrons. The van der Waals surface area contributed by atoms with Crippen molar-refractivity contribution in [3.8, 4) is 0 Å². The third kappa shape index (κ3) is 2.50. The Bertz CT molecular complexity index is 1260. The standard InChI is InChI=1S/C31H35NO5/c1-16-11-30-14-20-26-29(3)12-19(34)13-31(26)27(30)25(36-17(2)33)22(16)24(23(30)28(31)32(20)15-29)37-21(35)10-9-18-7-5-4-6-8-18/h4-10,19-20,22-28,34H,1,11-15H2,2-3H3/b10-9+/t19-,20-,22-,23+,24-,25-,26+,27+,28+,29+,30-,31-/m0/s1. The number of fused-ring (bicyclic) bond motifs is 1. The van der Waals surface area contributed by atoms with Crippen molar-refractivity contribution in [2.45, 2.75) is 69.9 Å².